The Balaban J connectivity index is 2.41. The smallest absolute Gasteiger partial charge is 0.276 e. The molecular weight excluding hydrogens is 216 g/mol. The highest BCUT2D eigenvalue weighted by Crippen LogP contribution is 2.21. The molecule has 88 valence electrons. The van der Waals surface area contributed by atoms with Gasteiger partial charge in [0.15, 0.2) is 5.82 Å². The molecule has 17 heavy (non-hydrogen) atoms. The van der Waals surface area contributed by atoms with Gasteiger partial charge in [0, 0.05) is 5.69 Å². The molecule has 0 saturated carbocycles. The first-order chi connectivity index (χ1) is 8.08. The summed E-state index contributed by atoms with van der Waals surface area (Å²) in [6.07, 6.45) is 1.33. The molecule has 0 unspecified atom stereocenters. The maximum atomic E-state index is 11.3. The highest BCUT2D eigenvalue weighted by molar-refractivity contribution is 5.69. The van der Waals surface area contributed by atoms with Gasteiger partial charge in [-0.1, -0.05) is 12.1 Å². The number of nitrogen functional groups attached to an aromatic ring is 1. The molecule has 0 radical (unpaired) electrons. The van der Waals surface area contributed by atoms with Crippen molar-refractivity contribution >= 4 is 17.2 Å². The van der Waals surface area contributed by atoms with Crippen LogP contribution in [0.4, 0.5) is 17.2 Å². The standard InChI is InChI=1S/C12H14N4O/c1-7-3-4-8(2)9(5-7)16-11-10(13)12(17)15-6-14-11/h3-6H,13H2,1-2H3,(H2,14,15,16,17). The van der Waals surface area contributed by atoms with Crippen LogP contribution in [0.1, 0.15) is 11.1 Å². The van der Waals surface area contributed by atoms with Crippen molar-refractivity contribution in [2.45, 2.75) is 13.8 Å². The molecule has 0 aliphatic rings. The number of hydrogen-bond acceptors (Lipinski definition) is 4. The molecule has 5 nitrogen and oxygen atoms in total. The number of H-pyrrole nitrogens is 1. The second-order valence-corrected chi connectivity index (χ2v) is 3.94. The summed E-state index contributed by atoms with van der Waals surface area (Å²) >= 11 is 0. The van der Waals surface area contributed by atoms with Gasteiger partial charge in [-0.25, -0.2) is 4.98 Å². The number of anilines is 3. The van der Waals surface area contributed by atoms with Crippen molar-refractivity contribution < 1.29 is 0 Å². The summed E-state index contributed by atoms with van der Waals surface area (Å²) in [5.41, 5.74) is 8.49. The lowest BCUT2D eigenvalue weighted by Crippen LogP contribution is -2.14. The molecule has 0 saturated heterocycles. The third-order valence-electron chi connectivity index (χ3n) is 2.54. The van der Waals surface area contributed by atoms with Crippen molar-refractivity contribution in [3.8, 4) is 0 Å². The number of aromatic amines is 1. The first-order valence-electron chi connectivity index (χ1n) is 5.25. The molecule has 0 bridgehead atoms. The Morgan fingerprint density at radius 3 is 2.88 bits per heavy atom. The Morgan fingerprint density at radius 2 is 2.12 bits per heavy atom. The Bertz CT molecular complexity index is 604. The molecule has 2 aromatic rings. The number of nitrogens with one attached hydrogen (secondary N) is 2. The van der Waals surface area contributed by atoms with Gasteiger partial charge in [-0.2, -0.15) is 0 Å². The maximum Gasteiger partial charge on any atom is 0.276 e. The van der Waals surface area contributed by atoms with Crippen molar-refractivity contribution in [1.82, 2.24) is 9.97 Å². The highest BCUT2D eigenvalue weighted by Gasteiger charge is 2.06. The van der Waals surface area contributed by atoms with Crippen molar-refractivity contribution in [3.05, 3.63) is 46.0 Å². The zero-order chi connectivity index (χ0) is 12.4. The number of aryl methyl sites for hydroxylation is 2. The first kappa shape index (κ1) is 11.2. The van der Waals surface area contributed by atoms with E-state index in [9.17, 15) is 4.79 Å². The van der Waals surface area contributed by atoms with Gasteiger partial charge in [0.1, 0.15) is 5.69 Å². The van der Waals surface area contributed by atoms with Crippen LogP contribution < -0.4 is 16.6 Å². The third-order valence-corrected chi connectivity index (χ3v) is 2.54. The van der Waals surface area contributed by atoms with Crippen LogP contribution in [0.3, 0.4) is 0 Å². The van der Waals surface area contributed by atoms with Crippen LogP contribution in [0.15, 0.2) is 29.3 Å². The zero-order valence-electron chi connectivity index (χ0n) is 9.74. The van der Waals surface area contributed by atoms with Crippen molar-refractivity contribution in [1.29, 1.82) is 0 Å². The molecule has 0 aliphatic carbocycles. The Kier molecular flexibility index (Phi) is 2.82. The van der Waals surface area contributed by atoms with Crippen LogP contribution in [0.5, 0.6) is 0 Å². The molecule has 0 atom stereocenters. The Morgan fingerprint density at radius 1 is 1.35 bits per heavy atom. The van der Waals surface area contributed by atoms with E-state index in [4.69, 9.17) is 5.73 Å². The Hall–Kier alpha value is -2.30. The minimum atomic E-state index is -0.340. The second kappa shape index (κ2) is 4.29. The van der Waals surface area contributed by atoms with Crippen molar-refractivity contribution in [3.63, 3.8) is 0 Å². The van der Waals surface area contributed by atoms with E-state index in [-0.39, 0.29) is 11.2 Å². The van der Waals surface area contributed by atoms with Gasteiger partial charge in [-0.15, -0.1) is 0 Å². The van der Waals surface area contributed by atoms with Crippen LogP contribution in [0.2, 0.25) is 0 Å². The fourth-order valence-corrected chi connectivity index (χ4v) is 1.51. The lowest BCUT2D eigenvalue weighted by Gasteiger charge is -2.10. The van der Waals surface area contributed by atoms with E-state index in [1.165, 1.54) is 6.33 Å². The fourth-order valence-electron chi connectivity index (χ4n) is 1.51. The number of hydrogen-bond donors (Lipinski definition) is 3. The van der Waals surface area contributed by atoms with Gasteiger partial charge in [0.05, 0.1) is 6.33 Å². The van der Waals surface area contributed by atoms with Crippen LogP contribution in [-0.2, 0) is 0 Å². The quantitative estimate of drug-likeness (QED) is 0.733. The number of rotatable bonds is 2. The Labute approximate surface area is 98.7 Å². The average Bonchev–Trinajstić information content (AvgIpc) is 2.30. The van der Waals surface area contributed by atoms with E-state index < -0.39 is 0 Å². The minimum Gasteiger partial charge on any atom is -0.391 e. The molecule has 1 aromatic carbocycles. The monoisotopic (exact) mass is 230 g/mol. The third kappa shape index (κ3) is 2.28. The van der Waals surface area contributed by atoms with Crippen molar-refractivity contribution in [2.75, 3.05) is 11.1 Å². The summed E-state index contributed by atoms with van der Waals surface area (Å²) in [7, 11) is 0. The average molecular weight is 230 g/mol. The number of benzene rings is 1. The molecular formula is C12H14N4O. The molecule has 1 heterocycles. The van der Waals surface area contributed by atoms with Crippen LogP contribution in [0.25, 0.3) is 0 Å². The summed E-state index contributed by atoms with van der Waals surface area (Å²) in [5, 5.41) is 3.07. The summed E-state index contributed by atoms with van der Waals surface area (Å²) in [4.78, 5) is 17.8. The largest absolute Gasteiger partial charge is 0.391 e. The van der Waals surface area contributed by atoms with Gasteiger partial charge >= 0.3 is 0 Å². The summed E-state index contributed by atoms with van der Waals surface area (Å²) in [6, 6.07) is 6.01. The van der Waals surface area contributed by atoms with E-state index in [1.54, 1.807) is 0 Å². The van der Waals surface area contributed by atoms with Gasteiger partial charge in [-0.05, 0) is 31.0 Å². The minimum absolute atomic E-state index is 0.0911. The number of nitrogens with two attached hydrogens (primary N) is 1. The van der Waals surface area contributed by atoms with Gasteiger partial charge in [0.25, 0.3) is 5.56 Å². The van der Waals surface area contributed by atoms with Crippen LogP contribution >= 0.6 is 0 Å². The van der Waals surface area contributed by atoms with E-state index in [0.29, 0.717) is 5.82 Å². The molecule has 0 fully saturated rings. The van der Waals surface area contributed by atoms with Crippen LogP contribution in [0, 0.1) is 13.8 Å². The second-order valence-electron chi connectivity index (χ2n) is 3.94. The molecule has 1 aromatic heterocycles. The van der Waals surface area contributed by atoms with Gasteiger partial charge in [0.2, 0.25) is 0 Å². The number of nitrogens with zero attached hydrogens (tertiary/aromatic N) is 1. The topological polar surface area (TPSA) is 83.8 Å². The van der Waals surface area contributed by atoms with Gasteiger partial charge < -0.3 is 16.0 Å². The maximum absolute atomic E-state index is 11.3. The lowest BCUT2D eigenvalue weighted by atomic mass is 10.1. The summed E-state index contributed by atoms with van der Waals surface area (Å²) < 4.78 is 0. The first-order valence-corrected chi connectivity index (χ1v) is 5.25. The molecule has 2 rings (SSSR count). The predicted molar refractivity (Wildman–Crippen MR) is 68.5 cm³/mol. The lowest BCUT2D eigenvalue weighted by molar-refractivity contribution is 1.12. The van der Waals surface area contributed by atoms with E-state index in [1.807, 2.05) is 32.0 Å². The van der Waals surface area contributed by atoms with E-state index in [0.717, 1.165) is 16.8 Å². The zero-order valence-corrected chi connectivity index (χ0v) is 9.74. The molecule has 5 heteroatoms. The SMILES string of the molecule is Cc1ccc(C)c(Nc2nc[nH]c(=O)c2N)c1. The van der Waals surface area contributed by atoms with Crippen molar-refractivity contribution in [2.24, 2.45) is 0 Å². The summed E-state index contributed by atoms with van der Waals surface area (Å²) in [6.45, 7) is 3.98. The van der Waals surface area contributed by atoms with E-state index in [2.05, 4.69) is 15.3 Å². The van der Waals surface area contributed by atoms with Gasteiger partial charge in [-0.3, -0.25) is 4.79 Å². The summed E-state index contributed by atoms with van der Waals surface area (Å²) in [5.74, 6) is 0.377. The highest BCUT2D eigenvalue weighted by atomic mass is 16.1. The fraction of sp³-hybridized carbons (Fsp3) is 0.167. The predicted octanol–water partition coefficient (Wildman–Crippen LogP) is 1.71. The van der Waals surface area contributed by atoms with Crippen LogP contribution in [-0.4, -0.2) is 9.97 Å². The van der Waals surface area contributed by atoms with E-state index >= 15 is 0 Å². The number of aromatic nitrogens is 2. The normalized spacial score (nSPS) is 10.2. The molecule has 0 aliphatic heterocycles. The molecule has 4 N–H and O–H groups in total. The molecule has 0 amide bonds. The molecule has 0 spiro atoms.